The fourth-order valence-electron chi connectivity index (χ4n) is 11.3. The van der Waals surface area contributed by atoms with Crippen LogP contribution in [0.25, 0.3) is 0 Å². The van der Waals surface area contributed by atoms with E-state index in [-0.39, 0.29) is 31.0 Å². The zero-order valence-corrected chi connectivity index (χ0v) is 33.1. The largest absolute Gasteiger partial charge is 0.462 e. The van der Waals surface area contributed by atoms with Gasteiger partial charge in [0.2, 0.25) is 0 Å². The second-order valence-electron chi connectivity index (χ2n) is 18.4. The Kier molecular flexibility index (Phi) is 11.1. The highest BCUT2D eigenvalue weighted by Gasteiger charge is 2.75. The van der Waals surface area contributed by atoms with Crippen molar-refractivity contribution in [2.45, 2.75) is 155 Å². The van der Waals surface area contributed by atoms with E-state index in [0.29, 0.717) is 6.42 Å². The number of ether oxygens (including phenoxy) is 4. The number of ketones is 2. The minimum absolute atomic E-state index is 0.0595. The van der Waals surface area contributed by atoms with E-state index in [0.717, 1.165) is 5.57 Å². The summed E-state index contributed by atoms with van der Waals surface area (Å²) in [4.78, 5) is 53.2. The Morgan fingerprint density at radius 2 is 1.57 bits per heavy atom. The molecule has 15 atom stereocenters. The van der Waals surface area contributed by atoms with E-state index in [1.165, 1.54) is 32.9 Å². The predicted octanol–water partition coefficient (Wildman–Crippen LogP) is 1.69. The fraction of sp³-hybridized carbons (Fsp3) is 0.800. The van der Waals surface area contributed by atoms with E-state index in [9.17, 15) is 45.0 Å². The third-order valence-corrected chi connectivity index (χ3v) is 14.2. The summed E-state index contributed by atoms with van der Waals surface area (Å²) in [5, 5.41) is 65.2. The van der Waals surface area contributed by atoms with Crippen LogP contribution in [-0.4, -0.2) is 121 Å². The van der Waals surface area contributed by atoms with Crippen LogP contribution >= 0.6 is 0 Å². The first-order valence-corrected chi connectivity index (χ1v) is 18.9. The van der Waals surface area contributed by atoms with Gasteiger partial charge in [-0.1, -0.05) is 46.3 Å². The first kappa shape index (κ1) is 42.6. The lowest BCUT2D eigenvalue weighted by atomic mass is 9.38. The molecule has 3 saturated carbocycles. The summed E-state index contributed by atoms with van der Waals surface area (Å²) in [5.74, 6) is -3.81. The van der Waals surface area contributed by atoms with Crippen molar-refractivity contribution in [1.29, 1.82) is 0 Å². The van der Waals surface area contributed by atoms with Gasteiger partial charge in [0.1, 0.15) is 47.5 Å². The zero-order valence-electron chi connectivity index (χ0n) is 33.1. The van der Waals surface area contributed by atoms with Gasteiger partial charge in [0.25, 0.3) is 0 Å². The summed E-state index contributed by atoms with van der Waals surface area (Å²) < 4.78 is 23.0. The van der Waals surface area contributed by atoms with Gasteiger partial charge < -0.3 is 49.6 Å². The molecule has 1 saturated heterocycles. The topological polar surface area (TPSA) is 227 Å². The van der Waals surface area contributed by atoms with Crippen LogP contribution in [0.5, 0.6) is 0 Å². The number of Topliss-reactive ketones (excluding diaryl/α,β-unsaturated/α-hetero) is 1. The van der Waals surface area contributed by atoms with Crippen molar-refractivity contribution >= 4 is 23.5 Å². The standard InChI is InChI=1S/C40H60O14/c1-19(42)51-24-16-37(7)26-12-11-21-22(15-23(33(49)36(21,5)6)52-34-31(48)30(47)29(46)25(18-41)53-34)39(26,9)28(45)17-38(37,8)32(24)40(10,50)27(44)13-14-35(3,4)54-20(2)43/h11,13-14,22-26,29-34,41,46-50H,12,15-18H2,1-10H3/b14-13+/t22-,23-,24-,25-,26?,29-,30+,31-,32?,33+,34+,37+,38-,39+,40+/m1/s1. The Balaban J connectivity index is 1.53. The maximum absolute atomic E-state index is 15.0. The molecule has 1 aliphatic heterocycles. The second kappa shape index (κ2) is 14.1. The molecule has 0 spiro atoms. The SMILES string of the molecule is CC(=O)O[C@@H]1C[C@@]2(C)C3CC=C4[C@@H](C[C@@H](O[C@H]5O[C@H](CO)[C@@H](O)[C@H](O)[C@H]5O)[C@H](O)C4(C)C)[C@]3(C)C(=O)C[C@]2(C)C1[C@@](C)(O)C(=O)/C=C/C(C)(C)OC(C)=O. The highest BCUT2D eigenvalue weighted by Crippen LogP contribution is 2.74. The second-order valence-corrected chi connectivity index (χ2v) is 18.4. The minimum atomic E-state index is -2.11. The van der Waals surface area contributed by atoms with E-state index in [1.807, 2.05) is 34.6 Å². The van der Waals surface area contributed by atoms with Gasteiger partial charge in [-0.15, -0.1) is 0 Å². The first-order chi connectivity index (χ1) is 24.7. The van der Waals surface area contributed by atoms with Crippen LogP contribution in [0, 0.1) is 39.4 Å². The number of rotatable bonds is 9. The van der Waals surface area contributed by atoms with Crippen molar-refractivity contribution in [3.8, 4) is 0 Å². The molecule has 54 heavy (non-hydrogen) atoms. The van der Waals surface area contributed by atoms with E-state index in [2.05, 4.69) is 6.08 Å². The predicted molar refractivity (Wildman–Crippen MR) is 191 cm³/mol. The summed E-state index contributed by atoms with van der Waals surface area (Å²) in [5.41, 5.74) is -6.18. The quantitative estimate of drug-likeness (QED) is 0.112. The highest BCUT2D eigenvalue weighted by atomic mass is 16.7. The molecule has 5 rings (SSSR count). The maximum atomic E-state index is 15.0. The van der Waals surface area contributed by atoms with Crippen molar-refractivity contribution in [2.24, 2.45) is 39.4 Å². The molecular formula is C40H60O14. The van der Waals surface area contributed by atoms with Gasteiger partial charge in [-0.2, -0.15) is 0 Å². The number of carbonyl (C=O) groups excluding carboxylic acids is 4. The molecule has 4 fully saturated rings. The van der Waals surface area contributed by atoms with Gasteiger partial charge in [-0.25, -0.2) is 0 Å². The van der Waals surface area contributed by atoms with Crippen molar-refractivity contribution in [1.82, 2.24) is 0 Å². The number of fused-ring (bicyclic) bond motifs is 5. The van der Waals surface area contributed by atoms with E-state index in [4.69, 9.17) is 18.9 Å². The van der Waals surface area contributed by atoms with Gasteiger partial charge in [-0.3, -0.25) is 19.2 Å². The van der Waals surface area contributed by atoms with E-state index < -0.39 is 118 Å². The summed E-state index contributed by atoms with van der Waals surface area (Å²) >= 11 is 0. The Morgan fingerprint density at radius 3 is 2.15 bits per heavy atom. The Labute approximate surface area is 316 Å². The number of hydrogen-bond donors (Lipinski definition) is 6. The molecule has 0 radical (unpaired) electrons. The molecule has 14 heteroatoms. The van der Waals surface area contributed by atoms with E-state index in [1.54, 1.807) is 13.8 Å². The van der Waals surface area contributed by atoms with Gasteiger partial charge in [-0.05, 0) is 74.9 Å². The summed E-state index contributed by atoms with van der Waals surface area (Å²) in [6, 6.07) is 0. The van der Waals surface area contributed by atoms with Crippen LogP contribution in [0.4, 0.5) is 0 Å². The number of allylic oxidation sites excluding steroid dienone is 1. The van der Waals surface area contributed by atoms with Crippen LogP contribution in [0.15, 0.2) is 23.8 Å². The van der Waals surface area contributed by atoms with Crippen LogP contribution < -0.4 is 0 Å². The molecule has 14 nitrogen and oxygen atoms in total. The molecule has 304 valence electrons. The molecule has 2 unspecified atom stereocenters. The van der Waals surface area contributed by atoms with Crippen LogP contribution in [0.3, 0.4) is 0 Å². The molecule has 0 aromatic rings. The Hall–Kier alpha value is -2.56. The number of esters is 2. The van der Waals surface area contributed by atoms with Crippen molar-refractivity contribution < 1.29 is 68.8 Å². The van der Waals surface area contributed by atoms with Crippen LogP contribution in [0.2, 0.25) is 0 Å². The lowest BCUT2D eigenvalue weighted by Crippen LogP contribution is -2.66. The minimum Gasteiger partial charge on any atom is -0.462 e. The van der Waals surface area contributed by atoms with Crippen molar-refractivity contribution in [2.75, 3.05) is 6.61 Å². The number of hydrogen-bond acceptors (Lipinski definition) is 14. The summed E-state index contributed by atoms with van der Waals surface area (Å²) in [6.45, 7) is 16.0. The van der Waals surface area contributed by atoms with Gasteiger partial charge in [0, 0.05) is 37.0 Å². The summed E-state index contributed by atoms with van der Waals surface area (Å²) in [6.07, 6.45) is -5.36. The molecule has 0 aromatic heterocycles. The van der Waals surface area contributed by atoms with Crippen molar-refractivity contribution in [3.63, 3.8) is 0 Å². The van der Waals surface area contributed by atoms with Crippen molar-refractivity contribution in [3.05, 3.63) is 23.8 Å². The van der Waals surface area contributed by atoms with Crippen LogP contribution in [-0.2, 0) is 38.1 Å². The third kappa shape index (κ3) is 6.61. The van der Waals surface area contributed by atoms with Gasteiger partial charge >= 0.3 is 11.9 Å². The van der Waals surface area contributed by atoms with Gasteiger partial charge in [0.15, 0.2) is 12.1 Å². The molecule has 6 N–H and O–H groups in total. The van der Waals surface area contributed by atoms with E-state index >= 15 is 4.79 Å². The molecule has 0 aromatic carbocycles. The highest BCUT2D eigenvalue weighted by molar-refractivity contribution is 5.97. The average molecular weight is 765 g/mol. The normalized spacial score (nSPS) is 44.3. The molecule has 4 aliphatic carbocycles. The number of carbonyl (C=O) groups is 4. The number of aliphatic hydroxyl groups excluding tert-OH is 5. The first-order valence-electron chi connectivity index (χ1n) is 18.9. The Morgan fingerprint density at radius 1 is 0.944 bits per heavy atom. The smallest absolute Gasteiger partial charge is 0.303 e. The maximum Gasteiger partial charge on any atom is 0.303 e. The molecule has 0 bridgehead atoms. The van der Waals surface area contributed by atoms with Gasteiger partial charge in [0.05, 0.1) is 18.8 Å². The molecule has 5 aliphatic rings. The lowest BCUT2D eigenvalue weighted by molar-refractivity contribution is -0.323. The summed E-state index contributed by atoms with van der Waals surface area (Å²) in [7, 11) is 0. The Bertz CT molecular complexity index is 1580. The zero-order chi connectivity index (χ0) is 40.7. The third-order valence-electron chi connectivity index (χ3n) is 14.2. The fourth-order valence-corrected chi connectivity index (χ4v) is 11.3. The number of aliphatic hydroxyl groups is 6. The molecule has 1 heterocycles. The average Bonchev–Trinajstić information content (AvgIpc) is 3.27. The van der Waals surface area contributed by atoms with Crippen LogP contribution in [0.1, 0.15) is 94.9 Å². The molecular weight excluding hydrogens is 704 g/mol. The lowest BCUT2D eigenvalue weighted by Gasteiger charge is -2.65. The monoisotopic (exact) mass is 764 g/mol. The molecule has 0 amide bonds.